The van der Waals surface area contributed by atoms with E-state index in [-0.39, 0.29) is 0 Å². The standard InChI is InChI=1S/C21H28N2O2/c1-2-18-8-10-21(11-9-18)25-17-20(24)16-22-12-14-23(15-13-22)19-6-4-3-5-7-19/h3-11,20,24H,2,12-17H2,1H3/p+1/t20-/m0/s1. The highest BCUT2D eigenvalue weighted by Crippen LogP contribution is 2.13. The van der Waals surface area contributed by atoms with Gasteiger partial charge in [-0.1, -0.05) is 37.3 Å². The van der Waals surface area contributed by atoms with Gasteiger partial charge in [0.05, 0.1) is 26.2 Å². The Bertz CT molecular complexity index is 622. The van der Waals surface area contributed by atoms with Gasteiger partial charge in [-0.05, 0) is 36.2 Å². The van der Waals surface area contributed by atoms with Crippen LogP contribution in [-0.2, 0) is 6.42 Å². The number of hydrogen-bond donors (Lipinski definition) is 2. The van der Waals surface area contributed by atoms with Crippen molar-refractivity contribution in [2.75, 3.05) is 44.2 Å². The smallest absolute Gasteiger partial charge is 0.137 e. The lowest BCUT2D eigenvalue weighted by Crippen LogP contribution is -3.16. The Hall–Kier alpha value is -2.04. The zero-order valence-corrected chi connectivity index (χ0v) is 15.0. The number of quaternary nitrogens is 1. The molecule has 0 unspecified atom stereocenters. The topological polar surface area (TPSA) is 37.1 Å². The van der Waals surface area contributed by atoms with E-state index in [1.807, 2.05) is 12.1 Å². The van der Waals surface area contributed by atoms with Crippen molar-refractivity contribution in [3.8, 4) is 5.75 Å². The minimum Gasteiger partial charge on any atom is -0.491 e. The molecule has 1 atom stereocenters. The zero-order chi connectivity index (χ0) is 17.5. The molecule has 2 aromatic rings. The maximum Gasteiger partial charge on any atom is 0.137 e. The third-order valence-electron chi connectivity index (χ3n) is 4.89. The van der Waals surface area contributed by atoms with E-state index in [9.17, 15) is 5.11 Å². The van der Waals surface area contributed by atoms with Crippen molar-refractivity contribution < 1.29 is 14.7 Å². The fourth-order valence-corrected chi connectivity index (χ4v) is 3.33. The molecule has 2 N–H and O–H groups in total. The highest BCUT2D eigenvalue weighted by Gasteiger charge is 2.22. The summed E-state index contributed by atoms with van der Waals surface area (Å²) in [7, 11) is 0. The normalized spacial score (nSPS) is 16.6. The van der Waals surface area contributed by atoms with E-state index < -0.39 is 6.10 Å². The Labute approximate surface area is 150 Å². The third-order valence-corrected chi connectivity index (χ3v) is 4.89. The summed E-state index contributed by atoms with van der Waals surface area (Å²) in [6.07, 6.45) is 0.602. The third kappa shape index (κ3) is 5.21. The van der Waals surface area contributed by atoms with Gasteiger partial charge in [-0.25, -0.2) is 0 Å². The molecule has 0 amide bonds. The molecule has 1 aliphatic rings. The first kappa shape index (κ1) is 17.8. The van der Waals surface area contributed by atoms with Gasteiger partial charge in [0.2, 0.25) is 0 Å². The quantitative estimate of drug-likeness (QED) is 0.799. The number of para-hydroxylation sites is 1. The predicted octanol–water partition coefficient (Wildman–Crippen LogP) is 1.39. The van der Waals surface area contributed by atoms with Gasteiger partial charge in [0.1, 0.15) is 25.0 Å². The van der Waals surface area contributed by atoms with Crippen molar-refractivity contribution in [3.05, 3.63) is 60.2 Å². The maximum atomic E-state index is 10.3. The monoisotopic (exact) mass is 341 g/mol. The predicted molar refractivity (Wildman–Crippen MR) is 102 cm³/mol. The Morgan fingerprint density at radius 2 is 1.72 bits per heavy atom. The van der Waals surface area contributed by atoms with Crippen LogP contribution in [0, 0.1) is 0 Å². The minimum atomic E-state index is -0.427. The molecule has 2 aromatic carbocycles. The number of anilines is 1. The molecule has 1 saturated heterocycles. The van der Waals surface area contributed by atoms with Crippen LogP contribution in [0.25, 0.3) is 0 Å². The molecule has 0 radical (unpaired) electrons. The molecule has 0 saturated carbocycles. The average Bonchev–Trinajstić information content (AvgIpc) is 2.68. The summed E-state index contributed by atoms with van der Waals surface area (Å²) in [5, 5.41) is 10.3. The highest BCUT2D eigenvalue weighted by atomic mass is 16.5. The molecule has 0 aromatic heterocycles. The molecule has 1 aliphatic heterocycles. The van der Waals surface area contributed by atoms with Crippen LogP contribution in [-0.4, -0.2) is 50.5 Å². The van der Waals surface area contributed by atoms with Crippen molar-refractivity contribution in [2.24, 2.45) is 0 Å². The molecule has 4 nitrogen and oxygen atoms in total. The number of aryl methyl sites for hydroxylation is 1. The minimum absolute atomic E-state index is 0.359. The lowest BCUT2D eigenvalue weighted by molar-refractivity contribution is -0.903. The summed E-state index contributed by atoms with van der Waals surface area (Å²) in [5.74, 6) is 0.833. The fraction of sp³-hybridized carbons (Fsp3) is 0.429. The largest absolute Gasteiger partial charge is 0.491 e. The van der Waals surface area contributed by atoms with Crippen LogP contribution < -0.4 is 14.5 Å². The van der Waals surface area contributed by atoms with Gasteiger partial charge in [0, 0.05) is 5.69 Å². The highest BCUT2D eigenvalue weighted by molar-refractivity contribution is 5.46. The molecular formula is C21H29N2O2+. The summed E-state index contributed by atoms with van der Waals surface area (Å²) in [4.78, 5) is 3.87. The Kier molecular flexibility index (Phi) is 6.31. The number of aliphatic hydroxyl groups excluding tert-OH is 1. The molecule has 25 heavy (non-hydrogen) atoms. The molecule has 4 heteroatoms. The van der Waals surface area contributed by atoms with Crippen LogP contribution in [0.3, 0.4) is 0 Å². The van der Waals surface area contributed by atoms with Crippen LogP contribution in [0.4, 0.5) is 5.69 Å². The van der Waals surface area contributed by atoms with Crippen LogP contribution in [0.2, 0.25) is 0 Å². The average molecular weight is 341 g/mol. The number of hydrogen-bond acceptors (Lipinski definition) is 3. The van der Waals surface area contributed by atoms with E-state index in [4.69, 9.17) is 4.74 Å². The molecular weight excluding hydrogens is 312 g/mol. The number of benzene rings is 2. The molecule has 1 fully saturated rings. The Morgan fingerprint density at radius 3 is 2.36 bits per heavy atom. The number of nitrogens with one attached hydrogen (secondary N) is 1. The first-order valence-corrected chi connectivity index (χ1v) is 9.28. The van der Waals surface area contributed by atoms with Gasteiger partial charge in [-0.3, -0.25) is 0 Å². The van der Waals surface area contributed by atoms with E-state index in [0.717, 1.165) is 44.9 Å². The summed E-state index contributed by atoms with van der Waals surface area (Å²) < 4.78 is 5.73. The van der Waals surface area contributed by atoms with Gasteiger partial charge in [-0.15, -0.1) is 0 Å². The maximum absolute atomic E-state index is 10.3. The van der Waals surface area contributed by atoms with E-state index >= 15 is 0 Å². The van der Waals surface area contributed by atoms with E-state index in [2.05, 4.69) is 54.3 Å². The van der Waals surface area contributed by atoms with Gasteiger partial charge < -0.3 is 19.6 Å². The van der Waals surface area contributed by atoms with Gasteiger partial charge in [-0.2, -0.15) is 0 Å². The summed E-state index contributed by atoms with van der Waals surface area (Å²) >= 11 is 0. The fourth-order valence-electron chi connectivity index (χ4n) is 3.33. The second kappa shape index (κ2) is 8.88. The van der Waals surface area contributed by atoms with Crippen molar-refractivity contribution in [1.82, 2.24) is 0 Å². The van der Waals surface area contributed by atoms with Gasteiger partial charge in [0.15, 0.2) is 0 Å². The van der Waals surface area contributed by atoms with Crippen LogP contribution in [0.15, 0.2) is 54.6 Å². The number of rotatable bonds is 7. The van der Waals surface area contributed by atoms with Crippen molar-refractivity contribution in [2.45, 2.75) is 19.4 Å². The molecule has 0 bridgehead atoms. The Balaban J connectivity index is 1.39. The SMILES string of the molecule is CCc1ccc(OC[C@@H](O)C[NH+]2CCN(c3ccccc3)CC2)cc1. The van der Waals surface area contributed by atoms with Crippen LogP contribution in [0.1, 0.15) is 12.5 Å². The zero-order valence-electron chi connectivity index (χ0n) is 15.0. The van der Waals surface area contributed by atoms with Crippen LogP contribution >= 0.6 is 0 Å². The second-order valence-electron chi connectivity index (χ2n) is 6.74. The van der Waals surface area contributed by atoms with E-state index in [1.165, 1.54) is 16.2 Å². The number of piperazine rings is 1. The first-order chi connectivity index (χ1) is 12.2. The lowest BCUT2D eigenvalue weighted by atomic mass is 10.2. The van der Waals surface area contributed by atoms with Crippen molar-refractivity contribution in [3.63, 3.8) is 0 Å². The molecule has 0 aliphatic carbocycles. The molecule has 0 spiro atoms. The van der Waals surface area contributed by atoms with Gasteiger partial charge in [0.25, 0.3) is 0 Å². The van der Waals surface area contributed by atoms with Gasteiger partial charge >= 0.3 is 0 Å². The molecule has 1 heterocycles. The van der Waals surface area contributed by atoms with Crippen molar-refractivity contribution in [1.29, 1.82) is 0 Å². The van der Waals surface area contributed by atoms with E-state index in [1.54, 1.807) is 0 Å². The van der Waals surface area contributed by atoms with Crippen LogP contribution in [0.5, 0.6) is 5.75 Å². The summed E-state index contributed by atoms with van der Waals surface area (Å²) in [6.45, 7) is 7.41. The Morgan fingerprint density at radius 1 is 1.04 bits per heavy atom. The number of nitrogens with zero attached hydrogens (tertiary/aromatic N) is 1. The lowest BCUT2D eigenvalue weighted by Gasteiger charge is -2.34. The first-order valence-electron chi connectivity index (χ1n) is 9.28. The molecule has 134 valence electrons. The summed E-state index contributed by atoms with van der Waals surface area (Å²) in [5.41, 5.74) is 2.59. The number of ether oxygens (including phenoxy) is 1. The van der Waals surface area contributed by atoms with Crippen molar-refractivity contribution >= 4 is 5.69 Å². The summed E-state index contributed by atoms with van der Waals surface area (Å²) in [6, 6.07) is 18.7. The second-order valence-corrected chi connectivity index (χ2v) is 6.74. The molecule has 3 rings (SSSR count). The van der Waals surface area contributed by atoms with E-state index in [0.29, 0.717) is 6.61 Å². The number of aliphatic hydroxyl groups is 1.